The summed E-state index contributed by atoms with van der Waals surface area (Å²) in [5.74, 6) is 0. The fraction of sp³-hybridized carbons (Fsp3) is 0.917. The lowest BCUT2D eigenvalue weighted by atomic mass is 9.99. The van der Waals surface area contributed by atoms with Crippen LogP contribution in [0.3, 0.4) is 0 Å². The number of aliphatic hydroxyl groups excluding tert-OH is 5. The van der Waals surface area contributed by atoms with E-state index in [1.54, 1.807) is 6.08 Å². The lowest BCUT2D eigenvalue weighted by molar-refractivity contribution is -0.302. The summed E-state index contributed by atoms with van der Waals surface area (Å²) in [5, 5.41) is 52.8. The molecule has 0 aliphatic carbocycles. The number of rotatable bonds is 19. The third kappa shape index (κ3) is 12.0. The normalized spacial score (nSPS) is 26.9. The van der Waals surface area contributed by atoms with Crippen LogP contribution in [0.25, 0.3) is 10.4 Å². The van der Waals surface area contributed by atoms with Gasteiger partial charge in [-0.3, -0.25) is 0 Å². The number of ether oxygens (including phenoxy) is 2. The molecule has 1 heterocycles. The van der Waals surface area contributed by atoms with Crippen LogP contribution in [-0.2, 0) is 9.47 Å². The van der Waals surface area contributed by atoms with Crippen LogP contribution in [0.2, 0.25) is 0 Å². The lowest BCUT2D eigenvalue weighted by Crippen LogP contribution is -2.59. The van der Waals surface area contributed by atoms with Crippen molar-refractivity contribution < 1.29 is 35.0 Å². The molecule has 7 atom stereocenters. The summed E-state index contributed by atoms with van der Waals surface area (Å²) in [6.07, 6.45) is 9.99. The molecule has 0 saturated carbocycles. The first-order valence-electron chi connectivity index (χ1n) is 12.8. The van der Waals surface area contributed by atoms with Gasteiger partial charge in [0.2, 0.25) is 0 Å². The Bertz CT molecular complexity index is 587. The molecule has 10 nitrogen and oxygen atoms in total. The molecule has 0 spiro atoms. The molecule has 0 radical (unpaired) electrons. The zero-order chi connectivity index (χ0) is 25.2. The summed E-state index contributed by atoms with van der Waals surface area (Å²) in [4.78, 5) is 2.73. The van der Waals surface area contributed by atoms with Gasteiger partial charge in [-0.25, -0.2) is 0 Å². The van der Waals surface area contributed by atoms with Crippen molar-refractivity contribution in [2.24, 2.45) is 5.11 Å². The second-order valence-corrected chi connectivity index (χ2v) is 9.05. The Morgan fingerprint density at radius 2 is 1.53 bits per heavy atom. The highest BCUT2D eigenvalue weighted by Crippen LogP contribution is 2.22. The third-order valence-corrected chi connectivity index (χ3v) is 6.18. The van der Waals surface area contributed by atoms with Crippen molar-refractivity contribution in [3.63, 3.8) is 0 Å². The highest BCUT2D eigenvalue weighted by Gasteiger charge is 2.44. The number of hydrogen-bond donors (Lipinski definition) is 5. The Balaban J connectivity index is 2.26. The largest absolute Gasteiger partial charge is 0.394 e. The highest BCUT2D eigenvalue weighted by molar-refractivity contribution is 4.96. The van der Waals surface area contributed by atoms with Gasteiger partial charge in [0.05, 0.1) is 25.4 Å². The van der Waals surface area contributed by atoms with Crippen molar-refractivity contribution >= 4 is 0 Å². The summed E-state index contributed by atoms with van der Waals surface area (Å²) in [6, 6.07) is -0.967. The number of hydrogen-bond acceptors (Lipinski definition) is 8. The van der Waals surface area contributed by atoms with Crippen LogP contribution in [0.5, 0.6) is 0 Å². The van der Waals surface area contributed by atoms with Crippen molar-refractivity contribution in [2.75, 3.05) is 13.2 Å². The van der Waals surface area contributed by atoms with E-state index in [-0.39, 0.29) is 6.61 Å². The Kier molecular flexibility index (Phi) is 17.2. The predicted octanol–water partition coefficient (Wildman–Crippen LogP) is 3.10. The lowest BCUT2D eigenvalue weighted by Gasteiger charge is -2.39. The minimum absolute atomic E-state index is 0.281. The molecule has 0 aromatic rings. The molecule has 198 valence electrons. The maximum atomic E-state index is 10.3. The first kappa shape index (κ1) is 30.8. The minimum Gasteiger partial charge on any atom is -0.394 e. The Morgan fingerprint density at radius 3 is 2.09 bits per heavy atom. The van der Waals surface area contributed by atoms with Crippen LogP contribution >= 0.6 is 0 Å². The van der Waals surface area contributed by atoms with Crippen LogP contribution in [0.1, 0.15) is 84.0 Å². The second-order valence-electron chi connectivity index (χ2n) is 9.05. The minimum atomic E-state index is -1.57. The fourth-order valence-corrected chi connectivity index (χ4v) is 3.96. The van der Waals surface area contributed by atoms with E-state index in [0.29, 0.717) is 0 Å². The van der Waals surface area contributed by atoms with Crippen molar-refractivity contribution in [1.29, 1.82) is 0 Å². The molecule has 5 N–H and O–H groups in total. The van der Waals surface area contributed by atoms with Crippen molar-refractivity contribution in [3.8, 4) is 0 Å². The van der Waals surface area contributed by atoms with Crippen LogP contribution in [0.15, 0.2) is 17.3 Å². The number of azide groups is 1. The predicted molar refractivity (Wildman–Crippen MR) is 129 cm³/mol. The molecule has 10 heteroatoms. The first-order valence-corrected chi connectivity index (χ1v) is 12.8. The molecule has 0 amide bonds. The maximum absolute atomic E-state index is 10.3. The van der Waals surface area contributed by atoms with Crippen LogP contribution in [0.4, 0.5) is 0 Å². The standard InChI is InChI=1S/C24H45N3O7/c1-2-3-4-5-6-7-8-9-10-11-12-13-14-15-19(29)18(26-27-25)17-33-24-23(32)22(31)21(30)20(16-28)34-24/h14-15,18-24,28-32H,2-13,16-17H2,1H3/b15-14+/t18-,19+,20+,21-,22-,23+,24+/m0/s1. The fourth-order valence-electron chi connectivity index (χ4n) is 3.96. The van der Waals surface area contributed by atoms with Gasteiger partial charge < -0.3 is 35.0 Å². The Morgan fingerprint density at radius 1 is 0.941 bits per heavy atom. The van der Waals surface area contributed by atoms with E-state index in [2.05, 4.69) is 16.9 Å². The van der Waals surface area contributed by atoms with Gasteiger partial charge in [0.25, 0.3) is 0 Å². The molecule has 1 fully saturated rings. The number of allylic oxidation sites excluding steroid dienone is 1. The molecule has 0 aromatic carbocycles. The third-order valence-electron chi connectivity index (χ3n) is 6.18. The number of unbranched alkanes of at least 4 members (excludes halogenated alkanes) is 11. The van der Waals surface area contributed by atoms with Gasteiger partial charge in [0, 0.05) is 4.91 Å². The van der Waals surface area contributed by atoms with Gasteiger partial charge in [-0.1, -0.05) is 88.4 Å². The SMILES string of the molecule is CCCCCCCCCCCCC/C=C/[C@@H](O)[C@H](CO[C@@H]1O[C@H](CO)[C@H](O)[C@H](O)[C@H]1O)N=[N+]=[N-]. The summed E-state index contributed by atoms with van der Waals surface area (Å²) >= 11 is 0. The van der Waals surface area contributed by atoms with Crippen molar-refractivity contribution in [1.82, 2.24) is 0 Å². The molecule has 1 saturated heterocycles. The van der Waals surface area contributed by atoms with Gasteiger partial charge in [-0.15, -0.1) is 0 Å². The van der Waals surface area contributed by atoms with Gasteiger partial charge in [-0.2, -0.15) is 0 Å². The molecule has 1 aliphatic rings. The summed E-state index contributed by atoms with van der Waals surface area (Å²) in [5.41, 5.74) is 8.80. The van der Waals surface area contributed by atoms with E-state index in [4.69, 9.17) is 15.0 Å². The van der Waals surface area contributed by atoms with E-state index in [1.807, 2.05) is 6.08 Å². The molecule has 0 unspecified atom stereocenters. The van der Waals surface area contributed by atoms with Gasteiger partial charge in [0.15, 0.2) is 6.29 Å². The summed E-state index contributed by atoms with van der Waals surface area (Å²) in [6.45, 7) is 1.38. The highest BCUT2D eigenvalue weighted by atomic mass is 16.7. The first-order chi connectivity index (χ1) is 16.5. The molecule has 1 rings (SSSR count). The smallest absolute Gasteiger partial charge is 0.186 e. The topological polar surface area (TPSA) is 168 Å². The molecule has 0 aromatic heterocycles. The molecule has 0 bridgehead atoms. The monoisotopic (exact) mass is 487 g/mol. The average molecular weight is 488 g/mol. The maximum Gasteiger partial charge on any atom is 0.186 e. The zero-order valence-corrected chi connectivity index (χ0v) is 20.5. The van der Waals surface area contributed by atoms with E-state index in [9.17, 15) is 25.5 Å². The Hall–Kier alpha value is -1.23. The molecule has 1 aliphatic heterocycles. The van der Waals surface area contributed by atoms with E-state index >= 15 is 0 Å². The quantitative estimate of drug-likeness (QED) is 0.0613. The number of nitrogens with zero attached hydrogens (tertiary/aromatic N) is 3. The van der Waals surface area contributed by atoms with Crippen LogP contribution < -0.4 is 0 Å². The van der Waals surface area contributed by atoms with Crippen molar-refractivity contribution in [3.05, 3.63) is 22.6 Å². The second kappa shape index (κ2) is 19.0. The zero-order valence-electron chi connectivity index (χ0n) is 20.5. The average Bonchev–Trinajstić information content (AvgIpc) is 2.84. The van der Waals surface area contributed by atoms with Gasteiger partial charge in [-0.05, 0) is 18.4 Å². The van der Waals surface area contributed by atoms with Crippen LogP contribution in [-0.4, -0.2) is 81.6 Å². The van der Waals surface area contributed by atoms with Gasteiger partial charge in [0.1, 0.15) is 24.4 Å². The molecular formula is C24H45N3O7. The Labute approximate surface area is 203 Å². The van der Waals surface area contributed by atoms with E-state index < -0.39 is 49.5 Å². The van der Waals surface area contributed by atoms with Crippen LogP contribution in [0, 0.1) is 0 Å². The molecular weight excluding hydrogens is 442 g/mol. The van der Waals surface area contributed by atoms with E-state index in [0.717, 1.165) is 19.3 Å². The van der Waals surface area contributed by atoms with Crippen molar-refractivity contribution in [2.45, 2.75) is 127 Å². The summed E-state index contributed by atoms with van der Waals surface area (Å²) < 4.78 is 10.6. The van der Waals surface area contributed by atoms with Gasteiger partial charge >= 0.3 is 0 Å². The number of aliphatic hydroxyl groups is 5. The summed E-state index contributed by atoms with van der Waals surface area (Å²) in [7, 11) is 0. The van der Waals surface area contributed by atoms with E-state index in [1.165, 1.54) is 57.8 Å². The molecule has 34 heavy (non-hydrogen) atoms.